The number of ether oxygens (including phenoxy) is 2. The van der Waals surface area contributed by atoms with Crippen LogP contribution in [0.15, 0.2) is 59.7 Å². The molecule has 14 nitrogen and oxygen atoms in total. The monoisotopic (exact) mass is 675 g/mol. The average Bonchev–Trinajstić information content (AvgIpc) is 3.71. The Morgan fingerprint density at radius 1 is 1.19 bits per heavy atom. The summed E-state index contributed by atoms with van der Waals surface area (Å²) in [5.74, 6) is 0.986. The van der Waals surface area contributed by atoms with E-state index in [2.05, 4.69) is 31.9 Å². The van der Waals surface area contributed by atoms with Crippen molar-refractivity contribution in [2.45, 2.75) is 32.2 Å². The van der Waals surface area contributed by atoms with Crippen LogP contribution in [0.2, 0.25) is 0 Å². The minimum Gasteiger partial charge on any atom is -0.493 e. The molecule has 2 amide bonds. The van der Waals surface area contributed by atoms with E-state index < -0.39 is 7.75 Å². The Labute approximate surface area is 277 Å². The third-order valence-electron chi connectivity index (χ3n) is 8.11. The first-order valence-corrected chi connectivity index (χ1v) is 17.1. The molecule has 0 aliphatic carbocycles. The zero-order valence-electron chi connectivity index (χ0n) is 27.0. The number of benzene rings is 2. The molecule has 4 heterocycles. The third-order valence-corrected chi connectivity index (χ3v) is 9.18. The standard InChI is InChI=1S/C33H38N7O7P/c1-20-12-24-17-34-27-16-30(21(2)13-25(27)33(42)40(24)18-20)46-9-5-6-31(41)35-23-15-29(39(3)19-23)32-36-26-8-7-22(14-28(26)37-32)38-48(43,44)47-11-10-45-4/h7-8,13-17,19,24H,1,5-6,9-12,18H2,2-4H3,(H,35,41)(H,36,37)(H2,38,43,44). The second-order valence-corrected chi connectivity index (χ2v) is 13.4. The van der Waals surface area contributed by atoms with Crippen molar-refractivity contribution in [3.63, 3.8) is 0 Å². The van der Waals surface area contributed by atoms with Crippen LogP contribution in [0.4, 0.5) is 17.1 Å². The fourth-order valence-electron chi connectivity index (χ4n) is 5.76. The molecule has 0 saturated carbocycles. The Kier molecular flexibility index (Phi) is 9.51. The molecule has 15 heteroatoms. The van der Waals surface area contributed by atoms with E-state index in [1.807, 2.05) is 36.9 Å². The van der Waals surface area contributed by atoms with Crippen LogP contribution in [-0.2, 0) is 25.7 Å². The quantitative estimate of drug-likeness (QED) is 0.0830. The van der Waals surface area contributed by atoms with E-state index in [1.165, 1.54) is 7.11 Å². The van der Waals surface area contributed by atoms with Crippen LogP contribution in [0.5, 0.6) is 5.75 Å². The molecule has 4 N–H and O–H groups in total. The number of hydrogen-bond acceptors (Lipinski definition) is 8. The number of nitrogens with one attached hydrogen (secondary N) is 3. The summed E-state index contributed by atoms with van der Waals surface area (Å²) in [4.78, 5) is 50.2. The molecule has 1 saturated heterocycles. The normalized spacial score (nSPS) is 16.8. The Morgan fingerprint density at radius 3 is 2.83 bits per heavy atom. The van der Waals surface area contributed by atoms with Crippen LogP contribution in [-0.4, -0.2) is 81.9 Å². The molecular weight excluding hydrogens is 637 g/mol. The van der Waals surface area contributed by atoms with Gasteiger partial charge in [-0.1, -0.05) is 12.2 Å². The van der Waals surface area contributed by atoms with E-state index in [1.54, 1.807) is 35.4 Å². The number of methoxy groups -OCH3 is 1. The van der Waals surface area contributed by atoms with E-state index in [9.17, 15) is 19.0 Å². The molecule has 6 rings (SSSR count). The highest BCUT2D eigenvalue weighted by molar-refractivity contribution is 7.54. The predicted molar refractivity (Wildman–Crippen MR) is 183 cm³/mol. The van der Waals surface area contributed by atoms with Crippen LogP contribution in [0.25, 0.3) is 22.6 Å². The molecule has 2 aliphatic rings. The molecule has 2 atom stereocenters. The van der Waals surface area contributed by atoms with Crippen molar-refractivity contribution in [3.8, 4) is 17.3 Å². The number of aromatic nitrogens is 3. The van der Waals surface area contributed by atoms with Gasteiger partial charge >= 0.3 is 7.75 Å². The maximum atomic E-state index is 13.1. The van der Waals surface area contributed by atoms with Gasteiger partial charge in [0.25, 0.3) is 5.91 Å². The number of aliphatic imine (C=N–C) groups is 1. The number of aromatic amines is 1. The zero-order valence-corrected chi connectivity index (χ0v) is 27.9. The molecule has 0 bridgehead atoms. The summed E-state index contributed by atoms with van der Waals surface area (Å²) in [6, 6.07) is 10.4. The molecule has 2 unspecified atom stereocenters. The molecule has 4 aromatic rings. The summed E-state index contributed by atoms with van der Waals surface area (Å²) in [5.41, 5.74) is 6.03. The van der Waals surface area contributed by atoms with E-state index in [-0.39, 0.29) is 37.5 Å². The fourth-order valence-corrected chi connectivity index (χ4v) is 6.62. The number of hydrogen-bond donors (Lipinski definition) is 4. The van der Waals surface area contributed by atoms with Crippen LogP contribution in [0.3, 0.4) is 0 Å². The van der Waals surface area contributed by atoms with Gasteiger partial charge in [0, 0.05) is 51.3 Å². The molecule has 48 heavy (non-hydrogen) atoms. The van der Waals surface area contributed by atoms with Crippen molar-refractivity contribution in [3.05, 3.63) is 65.9 Å². The lowest BCUT2D eigenvalue weighted by molar-refractivity contribution is -0.116. The largest absolute Gasteiger partial charge is 0.493 e. The van der Waals surface area contributed by atoms with Gasteiger partial charge < -0.3 is 34.1 Å². The van der Waals surface area contributed by atoms with Gasteiger partial charge in [-0.3, -0.25) is 24.2 Å². The van der Waals surface area contributed by atoms with Crippen molar-refractivity contribution < 1.29 is 33.0 Å². The minimum atomic E-state index is -4.07. The van der Waals surface area contributed by atoms with Crippen molar-refractivity contribution in [2.24, 2.45) is 12.0 Å². The number of amides is 2. The maximum Gasteiger partial charge on any atom is 0.430 e. The SMILES string of the molecule is C=C1CC2C=Nc3cc(OCCCC(=O)Nc4cc(-c5nc6ccc(NP(=O)(O)OCCOC)cc6[nH]5)n(C)c4)c(C)cc3C(=O)N2C1. The lowest BCUT2D eigenvalue weighted by atomic mass is 10.1. The van der Waals surface area contributed by atoms with Crippen molar-refractivity contribution in [2.75, 3.05) is 43.9 Å². The molecule has 0 radical (unpaired) electrons. The van der Waals surface area contributed by atoms with Crippen LogP contribution < -0.4 is 15.1 Å². The summed E-state index contributed by atoms with van der Waals surface area (Å²) in [6.45, 7) is 6.94. The topological polar surface area (TPSA) is 172 Å². The van der Waals surface area contributed by atoms with Gasteiger partial charge in [-0.2, -0.15) is 0 Å². The number of fused-ring (bicyclic) bond motifs is 3. The number of imidazole rings is 1. The van der Waals surface area contributed by atoms with E-state index >= 15 is 0 Å². The second-order valence-electron chi connectivity index (χ2n) is 11.9. The van der Waals surface area contributed by atoms with Crippen molar-refractivity contribution in [1.82, 2.24) is 19.4 Å². The van der Waals surface area contributed by atoms with E-state index in [0.29, 0.717) is 64.8 Å². The fraction of sp³-hybridized carbons (Fsp3) is 0.333. The molecule has 252 valence electrons. The number of rotatable bonds is 13. The summed E-state index contributed by atoms with van der Waals surface area (Å²) in [5, 5.41) is 5.45. The molecule has 1 fully saturated rings. The number of carbonyl (C=O) groups excluding carboxylic acids is 2. The Morgan fingerprint density at radius 2 is 2.02 bits per heavy atom. The van der Waals surface area contributed by atoms with Crippen LogP contribution in [0, 0.1) is 6.92 Å². The highest BCUT2D eigenvalue weighted by atomic mass is 31.2. The number of H-pyrrole nitrogens is 1. The van der Waals surface area contributed by atoms with Gasteiger partial charge in [0.1, 0.15) is 5.75 Å². The summed E-state index contributed by atoms with van der Waals surface area (Å²) in [7, 11) is -0.745. The third kappa shape index (κ3) is 7.37. The Hall–Kier alpha value is -4.75. The number of nitrogens with zero attached hydrogens (tertiary/aromatic N) is 4. The van der Waals surface area contributed by atoms with Crippen LogP contribution >= 0.6 is 7.75 Å². The number of aryl methyl sites for hydroxylation is 2. The smallest absolute Gasteiger partial charge is 0.430 e. The van der Waals surface area contributed by atoms with Gasteiger partial charge in [0.15, 0.2) is 5.82 Å². The average molecular weight is 676 g/mol. The molecule has 0 spiro atoms. The lowest BCUT2D eigenvalue weighted by Gasteiger charge is -2.20. The van der Waals surface area contributed by atoms with Gasteiger partial charge in [-0.25, -0.2) is 9.55 Å². The van der Waals surface area contributed by atoms with E-state index in [0.717, 1.165) is 23.3 Å². The van der Waals surface area contributed by atoms with Gasteiger partial charge in [0.2, 0.25) is 5.91 Å². The summed E-state index contributed by atoms with van der Waals surface area (Å²) < 4.78 is 30.0. The Balaban J connectivity index is 1.03. The van der Waals surface area contributed by atoms with Gasteiger partial charge in [0.05, 0.1) is 59.5 Å². The maximum absolute atomic E-state index is 13.1. The van der Waals surface area contributed by atoms with Crippen molar-refractivity contribution >= 4 is 53.9 Å². The highest BCUT2D eigenvalue weighted by Gasteiger charge is 2.33. The molecule has 2 aromatic carbocycles. The van der Waals surface area contributed by atoms with Gasteiger partial charge in [-0.05, 0) is 55.7 Å². The second kappa shape index (κ2) is 13.8. The van der Waals surface area contributed by atoms with E-state index in [4.69, 9.17) is 14.0 Å². The highest BCUT2D eigenvalue weighted by Crippen LogP contribution is 2.42. The summed E-state index contributed by atoms with van der Waals surface area (Å²) >= 11 is 0. The first-order valence-electron chi connectivity index (χ1n) is 15.5. The lowest BCUT2D eigenvalue weighted by Crippen LogP contribution is -2.35. The molecule has 2 aromatic heterocycles. The molecular formula is C33H38N7O7P. The minimum absolute atomic E-state index is 0.0280. The first kappa shape index (κ1) is 33.2. The van der Waals surface area contributed by atoms with Crippen LogP contribution in [0.1, 0.15) is 35.2 Å². The first-order chi connectivity index (χ1) is 23.0. The number of carbonyl (C=O) groups is 2. The Bertz CT molecular complexity index is 1970. The summed E-state index contributed by atoms with van der Waals surface area (Å²) in [6.07, 6.45) is 5.06. The predicted octanol–water partition coefficient (Wildman–Crippen LogP) is 5.34. The number of anilines is 2. The van der Waals surface area contributed by atoms with Gasteiger partial charge in [-0.15, -0.1) is 0 Å². The zero-order chi connectivity index (χ0) is 34.0. The van der Waals surface area contributed by atoms with Crippen molar-refractivity contribution in [1.29, 1.82) is 0 Å². The molecule has 2 aliphatic heterocycles.